The second-order valence-electron chi connectivity index (χ2n) is 9.08. The van der Waals surface area contributed by atoms with Crippen molar-refractivity contribution in [2.24, 2.45) is 0 Å². The number of H-pyrrole nitrogens is 1. The first-order chi connectivity index (χ1) is 14.5. The third-order valence-corrected chi connectivity index (χ3v) is 7.15. The molecular weight excluding hydrogens is 378 g/mol. The fourth-order valence-electron chi connectivity index (χ4n) is 5.25. The van der Waals surface area contributed by atoms with Crippen molar-refractivity contribution < 1.29 is 14.6 Å². The highest BCUT2D eigenvalue weighted by Crippen LogP contribution is 2.49. The zero-order valence-corrected chi connectivity index (χ0v) is 17.1. The average Bonchev–Trinajstić information content (AvgIpc) is 3.15. The predicted molar refractivity (Wildman–Crippen MR) is 113 cm³/mol. The van der Waals surface area contributed by atoms with E-state index in [9.17, 15) is 9.90 Å². The molecule has 6 heteroatoms. The van der Waals surface area contributed by atoms with Gasteiger partial charge in [-0.2, -0.15) is 0 Å². The molecule has 1 saturated heterocycles. The number of carbonyl (C=O) groups is 1. The maximum atomic E-state index is 11.9. The van der Waals surface area contributed by atoms with Crippen LogP contribution in [0.1, 0.15) is 54.0 Å². The lowest BCUT2D eigenvalue weighted by Gasteiger charge is -2.31. The zero-order chi connectivity index (χ0) is 20.5. The summed E-state index contributed by atoms with van der Waals surface area (Å²) in [4.78, 5) is 21.3. The van der Waals surface area contributed by atoms with Crippen molar-refractivity contribution in [3.63, 3.8) is 0 Å². The third kappa shape index (κ3) is 2.74. The number of rotatable bonds is 2. The minimum Gasteiger partial charge on any atom is -0.465 e. The Kier molecular flexibility index (Phi) is 3.78. The number of fused-ring (bicyclic) bond motifs is 2. The van der Waals surface area contributed by atoms with Gasteiger partial charge >= 0.3 is 6.09 Å². The van der Waals surface area contributed by atoms with Crippen LogP contribution in [-0.2, 0) is 17.8 Å². The molecule has 1 saturated carbocycles. The second kappa shape index (κ2) is 6.32. The van der Waals surface area contributed by atoms with E-state index in [1.54, 1.807) is 4.90 Å². The summed E-state index contributed by atoms with van der Waals surface area (Å²) >= 11 is 0. The molecule has 6 nitrogen and oxygen atoms in total. The lowest BCUT2D eigenvalue weighted by molar-refractivity contribution is 0.00714. The number of aryl methyl sites for hydroxylation is 1. The molecule has 2 aromatic heterocycles. The Hall–Kier alpha value is -2.86. The number of hydrogen-bond acceptors (Lipinski definition) is 3. The Balaban J connectivity index is 1.51. The summed E-state index contributed by atoms with van der Waals surface area (Å²) < 4.78 is 6.22. The van der Waals surface area contributed by atoms with Gasteiger partial charge in [-0.3, -0.25) is 0 Å². The average molecular weight is 403 g/mol. The molecule has 2 fully saturated rings. The largest absolute Gasteiger partial charge is 0.465 e. The molecule has 6 rings (SSSR count). The quantitative estimate of drug-likeness (QED) is 0.634. The topological polar surface area (TPSA) is 78.5 Å². The summed E-state index contributed by atoms with van der Waals surface area (Å²) in [7, 11) is 0. The van der Waals surface area contributed by atoms with Crippen LogP contribution in [0.5, 0.6) is 0 Å². The summed E-state index contributed by atoms with van der Waals surface area (Å²) in [5, 5.41) is 10.9. The molecule has 154 valence electrons. The molecule has 1 aliphatic carbocycles. The molecule has 0 bridgehead atoms. The number of nitrogens with one attached hydrogen (secondary N) is 1. The standard InChI is InChI=1S/C24H25N3O3/c1-14-11-25-22-18(14)9-17(12-26-22)15-7-16-10-24(4-5-24)30-13-20(16)19(8-15)21-3-2-6-27(21)23(28)29/h7-9,11-12,21H,2-6,10,13H2,1H3,(H,25,26)(H,28,29)/t21-/m0/s1. The molecule has 1 atom stereocenters. The molecule has 0 unspecified atom stereocenters. The summed E-state index contributed by atoms with van der Waals surface area (Å²) in [5.74, 6) is 0. The molecule has 1 spiro atoms. The van der Waals surface area contributed by atoms with E-state index in [0.29, 0.717) is 13.2 Å². The number of hydrogen-bond donors (Lipinski definition) is 2. The number of aromatic nitrogens is 2. The van der Waals surface area contributed by atoms with Crippen LogP contribution < -0.4 is 0 Å². The normalized spacial score (nSPS) is 21.9. The molecule has 1 aromatic carbocycles. The maximum absolute atomic E-state index is 11.9. The number of nitrogens with zero attached hydrogens (tertiary/aromatic N) is 2. The van der Waals surface area contributed by atoms with Gasteiger partial charge in [0.25, 0.3) is 0 Å². The summed E-state index contributed by atoms with van der Waals surface area (Å²) in [6.07, 6.45) is 7.98. The smallest absolute Gasteiger partial charge is 0.407 e. The molecule has 3 aromatic rings. The highest BCUT2D eigenvalue weighted by molar-refractivity contribution is 5.84. The molecule has 4 heterocycles. The van der Waals surface area contributed by atoms with E-state index >= 15 is 0 Å². The van der Waals surface area contributed by atoms with Gasteiger partial charge in [-0.05, 0) is 72.6 Å². The molecule has 30 heavy (non-hydrogen) atoms. The highest BCUT2D eigenvalue weighted by atomic mass is 16.5. The van der Waals surface area contributed by atoms with Gasteiger partial charge in [0.1, 0.15) is 5.65 Å². The highest BCUT2D eigenvalue weighted by Gasteiger charge is 2.47. The van der Waals surface area contributed by atoms with Crippen LogP contribution >= 0.6 is 0 Å². The number of carboxylic acid groups (broad SMARTS) is 1. The lowest BCUT2D eigenvalue weighted by atomic mass is 9.86. The van der Waals surface area contributed by atoms with Gasteiger partial charge in [-0.15, -0.1) is 0 Å². The van der Waals surface area contributed by atoms with Crippen LogP contribution in [0, 0.1) is 6.92 Å². The third-order valence-electron chi connectivity index (χ3n) is 7.15. The van der Waals surface area contributed by atoms with E-state index in [-0.39, 0.29) is 11.6 Å². The van der Waals surface area contributed by atoms with E-state index in [1.165, 1.54) is 16.7 Å². The fraction of sp³-hybridized carbons (Fsp3) is 0.417. The van der Waals surface area contributed by atoms with Crippen LogP contribution in [0.25, 0.3) is 22.2 Å². The minimum absolute atomic E-state index is 0.0183. The summed E-state index contributed by atoms with van der Waals surface area (Å²) in [5.41, 5.74) is 7.91. The molecule has 2 N–H and O–H groups in total. The zero-order valence-electron chi connectivity index (χ0n) is 17.1. The molecule has 2 aliphatic heterocycles. The Morgan fingerprint density at radius 1 is 1.30 bits per heavy atom. The van der Waals surface area contributed by atoms with Gasteiger partial charge in [-0.25, -0.2) is 9.78 Å². The first-order valence-corrected chi connectivity index (χ1v) is 10.8. The van der Waals surface area contributed by atoms with Gasteiger partial charge in [0.2, 0.25) is 0 Å². The minimum atomic E-state index is -0.835. The van der Waals surface area contributed by atoms with Crippen LogP contribution in [0.2, 0.25) is 0 Å². The molecule has 3 aliphatic rings. The molecule has 0 radical (unpaired) electrons. The molecular formula is C24H25N3O3. The van der Waals surface area contributed by atoms with Crippen LogP contribution in [0.3, 0.4) is 0 Å². The second-order valence-corrected chi connectivity index (χ2v) is 9.08. The van der Waals surface area contributed by atoms with Gasteiger partial charge in [-0.1, -0.05) is 6.07 Å². The van der Waals surface area contributed by atoms with Gasteiger partial charge < -0.3 is 19.7 Å². The molecule has 1 amide bonds. The monoisotopic (exact) mass is 403 g/mol. The van der Waals surface area contributed by atoms with Crippen molar-refractivity contribution in [3.8, 4) is 11.1 Å². The fourth-order valence-corrected chi connectivity index (χ4v) is 5.25. The van der Waals surface area contributed by atoms with Crippen LogP contribution in [0.4, 0.5) is 4.79 Å². The Bertz CT molecular complexity index is 1180. The van der Waals surface area contributed by atoms with Crippen molar-refractivity contribution in [3.05, 3.63) is 52.8 Å². The van der Waals surface area contributed by atoms with E-state index in [4.69, 9.17) is 4.74 Å². The van der Waals surface area contributed by atoms with Crippen molar-refractivity contribution in [2.75, 3.05) is 6.54 Å². The van der Waals surface area contributed by atoms with Gasteiger partial charge in [0.15, 0.2) is 0 Å². The number of benzene rings is 1. The Morgan fingerprint density at radius 3 is 2.97 bits per heavy atom. The van der Waals surface area contributed by atoms with Gasteiger partial charge in [0.05, 0.1) is 18.2 Å². The lowest BCUT2D eigenvalue weighted by Crippen LogP contribution is -2.31. The SMILES string of the molecule is Cc1c[nH]c2ncc(-c3cc4c(c([C@@H]5CCCN5C(=O)O)c3)COC3(CC3)C4)cc12. The van der Waals surface area contributed by atoms with Crippen LogP contribution in [0.15, 0.2) is 30.6 Å². The van der Waals surface area contributed by atoms with E-state index in [1.807, 2.05) is 12.4 Å². The van der Waals surface area contributed by atoms with Crippen molar-refractivity contribution in [1.82, 2.24) is 14.9 Å². The maximum Gasteiger partial charge on any atom is 0.407 e. The van der Waals surface area contributed by atoms with Crippen molar-refractivity contribution in [2.45, 2.75) is 57.3 Å². The number of aromatic amines is 1. The van der Waals surface area contributed by atoms with E-state index < -0.39 is 6.09 Å². The van der Waals surface area contributed by atoms with E-state index in [0.717, 1.165) is 59.8 Å². The van der Waals surface area contributed by atoms with Crippen molar-refractivity contribution >= 4 is 17.1 Å². The Labute approximate surface area is 174 Å². The number of ether oxygens (including phenoxy) is 1. The first kappa shape index (κ1) is 18.0. The number of pyridine rings is 1. The number of amides is 1. The van der Waals surface area contributed by atoms with Gasteiger partial charge in [0, 0.05) is 36.3 Å². The van der Waals surface area contributed by atoms with Crippen molar-refractivity contribution in [1.29, 1.82) is 0 Å². The van der Waals surface area contributed by atoms with Crippen LogP contribution in [-0.4, -0.2) is 38.2 Å². The van der Waals surface area contributed by atoms with E-state index in [2.05, 4.69) is 35.1 Å². The first-order valence-electron chi connectivity index (χ1n) is 10.8. The number of likely N-dealkylation sites (tertiary alicyclic amines) is 1. The predicted octanol–water partition coefficient (Wildman–Crippen LogP) is 4.96. The Morgan fingerprint density at radius 2 is 2.17 bits per heavy atom. The summed E-state index contributed by atoms with van der Waals surface area (Å²) in [6, 6.07) is 6.56. The summed E-state index contributed by atoms with van der Waals surface area (Å²) in [6.45, 7) is 3.27.